The van der Waals surface area contributed by atoms with Crippen LogP contribution in [0.3, 0.4) is 0 Å². The number of benzene rings is 1. The summed E-state index contributed by atoms with van der Waals surface area (Å²) in [5, 5.41) is 3.33. The summed E-state index contributed by atoms with van der Waals surface area (Å²) in [4.78, 5) is 0. The van der Waals surface area contributed by atoms with Crippen LogP contribution in [0.25, 0.3) is 0 Å². The minimum atomic E-state index is -0.473. The molecular weight excluding hydrogens is 224 g/mol. The van der Waals surface area contributed by atoms with E-state index >= 15 is 0 Å². The molecule has 0 atom stereocenters. The molecule has 0 aliphatic rings. The normalized spacial score (nSPS) is 9.57. The smallest absolute Gasteiger partial charge is 0.149 e. The predicted octanol–water partition coefficient (Wildman–Crippen LogP) is 3.57. The second-order valence-corrected chi connectivity index (χ2v) is 3.47. The topological polar surface area (TPSA) is 12.0 Å². The lowest BCUT2D eigenvalue weighted by atomic mass is 10.3. The van der Waals surface area contributed by atoms with E-state index in [2.05, 4.69) is 11.2 Å². The van der Waals surface area contributed by atoms with Crippen LogP contribution in [0.2, 0.25) is 10.0 Å². The van der Waals surface area contributed by atoms with Gasteiger partial charge in [0.25, 0.3) is 0 Å². The Bertz CT molecular complexity index is 348. The van der Waals surface area contributed by atoms with E-state index in [1.165, 1.54) is 12.1 Å². The molecule has 0 unspecified atom stereocenters. The first kappa shape index (κ1) is 11.2. The third-order valence-electron chi connectivity index (χ3n) is 1.58. The lowest BCUT2D eigenvalue weighted by Gasteiger charge is -2.08. The average molecular weight is 232 g/mol. The maximum absolute atomic E-state index is 13.3. The summed E-state index contributed by atoms with van der Waals surface area (Å²) < 4.78 is 13.3. The van der Waals surface area contributed by atoms with Gasteiger partial charge in [0.15, 0.2) is 0 Å². The van der Waals surface area contributed by atoms with Crippen LogP contribution in [0.1, 0.15) is 6.42 Å². The molecule has 1 N–H and O–H groups in total. The molecule has 0 radical (unpaired) electrons. The van der Waals surface area contributed by atoms with Gasteiger partial charge < -0.3 is 5.32 Å². The van der Waals surface area contributed by atoms with E-state index in [0.29, 0.717) is 13.0 Å². The van der Waals surface area contributed by atoms with Gasteiger partial charge in [0.05, 0.1) is 10.7 Å². The van der Waals surface area contributed by atoms with Gasteiger partial charge in [-0.15, -0.1) is 12.3 Å². The predicted molar refractivity (Wildman–Crippen MR) is 58.4 cm³/mol. The first-order chi connectivity index (χ1) is 6.65. The van der Waals surface area contributed by atoms with Crippen molar-refractivity contribution < 1.29 is 4.39 Å². The molecule has 1 nitrogen and oxygen atoms in total. The molecule has 1 rings (SSSR count). The molecule has 1 aromatic rings. The molecule has 0 amide bonds. The summed E-state index contributed by atoms with van der Waals surface area (Å²) >= 11 is 11.4. The number of hydrogen-bond acceptors (Lipinski definition) is 1. The number of nitrogens with one attached hydrogen (secondary N) is 1. The molecule has 0 saturated carbocycles. The Morgan fingerprint density at radius 2 is 2.14 bits per heavy atom. The Kier molecular flexibility index (Phi) is 4.06. The van der Waals surface area contributed by atoms with Gasteiger partial charge in [-0.2, -0.15) is 0 Å². The van der Waals surface area contributed by atoms with Crippen LogP contribution in [0.15, 0.2) is 12.1 Å². The lowest BCUT2D eigenvalue weighted by molar-refractivity contribution is 0.630. The van der Waals surface area contributed by atoms with E-state index in [0.717, 1.165) is 0 Å². The van der Waals surface area contributed by atoms with Gasteiger partial charge in [-0.25, -0.2) is 4.39 Å². The van der Waals surface area contributed by atoms with Gasteiger partial charge in [0.2, 0.25) is 0 Å². The van der Waals surface area contributed by atoms with Gasteiger partial charge >= 0.3 is 0 Å². The van der Waals surface area contributed by atoms with Crippen molar-refractivity contribution in [2.24, 2.45) is 0 Å². The van der Waals surface area contributed by atoms with Crippen molar-refractivity contribution in [1.82, 2.24) is 0 Å². The molecular formula is C10H8Cl2FN. The van der Waals surface area contributed by atoms with Crippen LogP contribution < -0.4 is 5.32 Å². The van der Waals surface area contributed by atoms with Crippen LogP contribution in [-0.4, -0.2) is 6.54 Å². The third kappa shape index (κ3) is 2.80. The zero-order chi connectivity index (χ0) is 10.6. The molecule has 0 heterocycles. The summed E-state index contributed by atoms with van der Waals surface area (Å²) in [6.45, 7) is 0.481. The third-order valence-corrected chi connectivity index (χ3v) is 2.09. The fraction of sp³-hybridized carbons (Fsp3) is 0.200. The minimum absolute atomic E-state index is 0.242. The van der Waals surface area contributed by atoms with Crippen molar-refractivity contribution in [2.45, 2.75) is 6.42 Å². The van der Waals surface area contributed by atoms with Gasteiger partial charge in [0.1, 0.15) is 5.82 Å². The van der Waals surface area contributed by atoms with Crippen LogP contribution in [-0.2, 0) is 0 Å². The minimum Gasteiger partial charge on any atom is -0.381 e. The standard InChI is InChI=1S/C10H8Cl2FN/c1-2-3-4-14-10-8(12)5-7(11)6-9(10)13/h1,5-6,14H,3-4H2. The molecule has 14 heavy (non-hydrogen) atoms. The summed E-state index contributed by atoms with van der Waals surface area (Å²) in [7, 11) is 0. The number of rotatable bonds is 3. The van der Waals surface area contributed by atoms with Crippen molar-refractivity contribution in [3.05, 3.63) is 28.0 Å². The molecule has 0 fully saturated rings. The fourth-order valence-corrected chi connectivity index (χ4v) is 1.51. The van der Waals surface area contributed by atoms with E-state index in [1.807, 2.05) is 0 Å². The van der Waals surface area contributed by atoms with E-state index in [9.17, 15) is 4.39 Å². The zero-order valence-electron chi connectivity index (χ0n) is 7.28. The lowest BCUT2D eigenvalue weighted by Crippen LogP contribution is -2.03. The highest BCUT2D eigenvalue weighted by atomic mass is 35.5. The second kappa shape index (κ2) is 5.09. The highest BCUT2D eigenvalue weighted by molar-refractivity contribution is 6.36. The fourth-order valence-electron chi connectivity index (χ4n) is 0.971. The highest BCUT2D eigenvalue weighted by Crippen LogP contribution is 2.28. The van der Waals surface area contributed by atoms with E-state index in [1.54, 1.807) is 0 Å². The van der Waals surface area contributed by atoms with Crippen LogP contribution in [0, 0.1) is 18.2 Å². The Hall–Kier alpha value is -0.910. The number of hydrogen-bond donors (Lipinski definition) is 1. The molecule has 74 valence electrons. The monoisotopic (exact) mass is 231 g/mol. The molecule has 0 aliphatic heterocycles. The first-order valence-electron chi connectivity index (χ1n) is 3.97. The van der Waals surface area contributed by atoms with Crippen molar-refractivity contribution in [1.29, 1.82) is 0 Å². The molecule has 1 aromatic carbocycles. The van der Waals surface area contributed by atoms with Crippen LogP contribution in [0.5, 0.6) is 0 Å². The van der Waals surface area contributed by atoms with E-state index in [-0.39, 0.29) is 15.7 Å². The number of terminal acetylenes is 1. The molecule has 4 heteroatoms. The van der Waals surface area contributed by atoms with Gasteiger partial charge in [-0.3, -0.25) is 0 Å². The summed E-state index contributed by atoms with van der Waals surface area (Å²) in [6, 6.07) is 2.68. The van der Waals surface area contributed by atoms with Crippen molar-refractivity contribution in [2.75, 3.05) is 11.9 Å². The maximum atomic E-state index is 13.3. The SMILES string of the molecule is C#CCCNc1c(F)cc(Cl)cc1Cl. The van der Waals surface area contributed by atoms with Crippen LogP contribution >= 0.6 is 23.2 Å². The molecule has 0 saturated heterocycles. The quantitative estimate of drug-likeness (QED) is 0.620. The summed E-state index contributed by atoms with van der Waals surface area (Å²) in [6.07, 6.45) is 5.57. The van der Waals surface area contributed by atoms with Gasteiger partial charge in [-0.1, -0.05) is 23.2 Å². The van der Waals surface area contributed by atoms with Crippen molar-refractivity contribution in [3.63, 3.8) is 0 Å². The largest absolute Gasteiger partial charge is 0.381 e. The summed E-state index contributed by atoms with van der Waals surface area (Å²) in [5.74, 6) is 1.96. The first-order valence-corrected chi connectivity index (χ1v) is 4.72. The Morgan fingerprint density at radius 1 is 1.43 bits per heavy atom. The second-order valence-electron chi connectivity index (χ2n) is 2.63. The molecule has 0 aromatic heterocycles. The highest BCUT2D eigenvalue weighted by Gasteiger charge is 2.07. The van der Waals surface area contributed by atoms with E-state index in [4.69, 9.17) is 29.6 Å². The van der Waals surface area contributed by atoms with Crippen LogP contribution in [0.4, 0.5) is 10.1 Å². The molecule has 0 aliphatic carbocycles. The van der Waals surface area contributed by atoms with Crippen molar-refractivity contribution >= 4 is 28.9 Å². The van der Waals surface area contributed by atoms with E-state index < -0.39 is 5.82 Å². The van der Waals surface area contributed by atoms with Gasteiger partial charge in [0, 0.05) is 18.0 Å². The van der Waals surface area contributed by atoms with Gasteiger partial charge in [-0.05, 0) is 12.1 Å². The number of halogens is 3. The maximum Gasteiger partial charge on any atom is 0.149 e. The molecule has 0 spiro atoms. The number of anilines is 1. The summed E-state index contributed by atoms with van der Waals surface area (Å²) in [5.41, 5.74) is 0.242. The van der Waals surface area contributed by atoms with Crippen molar-refractivity contribution in [3.8, 4) is 12.3 Å². The Morgan fingerprint density at radius 3 is 2.71 bits per heavy atom. The Labute approximate surface area is 92.2 Å². The average Bonchev–Trinajstić information content (AvgIpc) is 2.09. The Balaban J connectivity index is 2.81. The zero-order valence-corrected chi connectivity index (χ0v) is 8.79. The molecule has 0 bridgehead atoms.